The van der Waals surface area contributed by atoms with E-state index < -0.39 is 0 Å². The molecular weight excluding hydrogens is 194 g/mol. The molecule has 0 aromatic carbocycles. The van der Waals surface area contributed by atoms with Gasteiger partial charge in [-0.1, -0.05) is 15.9 Å². The van der Waals surface area contributed by atoms with Crippen LogP contribution in [0, 0.1) is 0 Å². The Morgan fingerprint density at radius 3 is 3.10 bits per heavy atom. The van der Waals surface area contributed by atoms with Gasteiger partial charge in [-0.05, 0) is 19.1 Å². The maximum Gasteiger partial charge on any atom is 0.0720 e. The Morgan fingerprint density at radius 2 is 2.60 bits per heavy atom. The van der Waals surface area contributed by atoms with Gasteiger partial charge in [0.2, 0.25) is 0 Å². The minimum atomic E-state index is 0.718. The molecule has 0 aromatic heterocycles. The molecule has 0 amide bonds. The zero-order valence-electron chi connectivity index (χ0n) is 5.88. The van der Waals surface area contributed by atoms with Gasteiger partial charge in [-0.15, -0.1) is 0 Å². The van der Waals surface area contributed by atoms with Gasteiger partial charge >= 0.3 is 0 Å². The van der Waals surface area contributed by atoms with E-state index in [0.717, 1.165) is 17.6 Å². The second-order valence-corrected chi connectivity index (χ2v) is 2.84. The van der Waals surface area contributed by atoms with Crippen LogP contribution in [0.1, 0.15) is 6.92 Å². The van der Waals surface area contributed by atoms with Crippen molar-refractivity contribution < 1.29 is 4.84 Å². The van der Waals surface area contributed by atoms with E-state index in [2.05, 4.69) is 22.0 Å². The summed E-state index contributed by atoms with van der Waals surface area (Å²) in [5.74, 6) is 0. The highest BCUT2D eigenvalue weighted by Crippen LogP contribution is 2.12. The van der Waals surface area contributed by atoms with Gasteiger partial charge in [-0.25, -0.2) is 0 Å². The lowest BCUT2D eigenvalue weighted by Gasteiger charge is -2.19. The van der Waals surface area contributed by atoms with Crippen LogP contribution in [0.2, 0.25) is 0 Å². The predicted molar refractivity (Wildman–Crippen MR) is 44.5 cm³/mol. The normalized spacial score (nSPS) is 17.4. The van der Waals surface area contributed by atoms with Crippen LogP contribution < -0.4 is 0 Å². The molecule has 10 heavy (non-hydrogen) atoms. The van der Waals surface area contributed by atoms with E-state index in [0.29, 0.717) is 0 Å². The molecule has 0 N–H and O–H groups in total. The summed E-state index contributed by atoms with van der Waals surface area (Å²) in [5.41, 5.74) is 0. The molecule has 56 valence electrons. The van der Waals surface area contributed by atoms with Gasteiger partial charge in [-0.2, -0.15) is 0 Å². The standard InChI is InChI=1S/C7H10BrNO/c1-2-10-9-5-3-7(8)4-6-9/h3-5H,2,6H2,1H3. The van der Waals surface area contributed by atoms with Gasteiger partial charge in [-0.3, -0.25) is 9.90 Å². The Balaban J connectivity index is 2.37. The average molecular weight is 204 g/mol. The van der Waals surface area contributed by atoms with Crippen LogP contribution >= 0.6 is 15.9 Å². The van der Waals surface area contributed by atoms with E-state index in [-0.39, 0.29) is 0 Å². The molecule has 0 atom stereocenters. The van der Waals surface area contributed by atoms with Crippen LogP contribution in [0.15, 0.2) is 22.8 Å². The minimum Gasteiger partial charge on any atom is -0.274 e. The Bertz CT molecular complexity index is 165. The van der Waals surface area contributed by atoms with Crippen molar-refractivity contribution in [2.75, 3.05) is 13.2 Å². The zero-order chi connectivity index (χ0) is 7.40. The summed E-state index contributed by atoms with van der Waals surface area (Å²) in [4.78, 5) is 5.21. The molecule has 0 radical (unpaired) electrons. The molecule has 0 saturated heterocycles. The number of allylic oxidation sites excluding steroid dienone is 2. The Hall–Kier alpha value is -0.280. The average Bonchev–Trinajstić information content (AvgIpc) is 1.95. The van der Waals surface area contributed by atoms with Gasteiger partial charge in [0, 0.05) is 10.7 Å². The van der Waals surface area contributed by atoms with Gasteiger partial charge in [0.1, 0.15) is 0 Å². The topological polar surface area (TPSA) is 12.5 Å². The third-order valence-corrected chi connectivity index (χ3v) is 1.75. The molecule has 1 aliphatic heterocycles. The number of hydrogen-bond acceptors (Lipinski definition) is 2. The van der Waals surface area contributed by atoms with Gasteiger partial charge < -0.3 is 0 Å². The molecule has 1 aliphatic rings. The van der Waals surface area contributed by atoms with Crippen molar-refractivity contribution in [3.8, 4) is 0 Å². The van der Waals surface area contributed by atoms with Crippen molar-refractivity contribution in [1.82, 2.24) is 5.06 Å². The molecule has 0 spiro atoms. The minimum absolute atomic E-state index is 0.718. The second kappa shape index (κ2) is 3.78. The lowest BCUT2D eigenvalue weighted by atomic mass is 10.4. The summed E-state index contributed by atoms with van der Waals surface area (Å²) in [6.45, 7) is 3.52. The first-order chi connectivity index (χ1) is 4.83. The molecule has 0 saturated carbocycles. The highest BCUT2D eigenvalue weighted by atomic mass is 79.9. The van der Waals surface area contributed by atoms with Crippen molar-refractivity contribution in [3.05, 3.63) is 22.8 Å². The smallest absolute Gasteiger partial charge is 0.0720 e. The largest absolute Gasteiger partial charge is 0.274 e. The van der Waals surface area contributed by atoms with Crippen molar-refractivity contribution in [1.29, 1.82) is 0 Å². The third-order valence-electron chi connectivity index (χ3n) is 1.16. The first-order valence-corrected chi connectivity index (χ1v) is 4.05. The number of hydroxylamine groups is 2. The monoisotopic (exact) mass is 203 g/mol. The van der Waals surface area contributed by atoms with Crippen LogP contribution in [-0.4, -0.2) is 18.2 Å². The summed E-state index contributed by atoms with van der Waals surface area (Å²) >= 11 is 3.36. The molecule has 1 rings (SSSR count). The molecule has 0 aliphatic carbocycles. The van der Waals surface area contributed by atoms with Crippen LogP contribution in [0.5, 0.6) is 0 Å². The van der Waals surface area contributed by atoms with Crippen LogP contribution in [0.3, 0.4) is 0 Å². The van der Waals surface area contributed by atoms with Crippen LogP contribution in [0.4, 0.5) is 0 Å². The van der Waals surface area contributed by atoms with E-state index in [9.17, 15) is 0 Å². The Labute approximate surface area is 69.2 Å². The second-order valence-electron chi connectivity index (χ2n) is 1.92. The van der Waals surface area contributed by atoms with Crippen LogP contribution in [-0.2, 0) is 4.84 Å². The van der Waals surface area contributed by atoms with Gasteiger partial charge in [0.25, 0.3) is 0 Å². The maximum atomic E-state index is 5.21. The summed E-state index contributed by atoms with van der Waals surface area (Å²) in [7, 11) is 0. The van der Waals surface area contributed by atoms with Gasteiger partial charge in [0.05, 0.1) is 13.2 Å². The highest BCUT2D eigenvalue weighted by Gasteiger charge is 2.00. The number of rotatable bonds is 2. The van der Waals surface area contributed by atoms with E-state index in [1.165, 1.54) is 0 Å². The highest BCUT2D eigenvalue weighted by molar-refractivity contribution is 9.11. The first kappa shape index (κ1) is 7.82. The fourth-order valence-corrected chi connectivity index (χ4v) is 0.985. The lowest BCUT2D eigenvalue weighted by molar-refractivity contribution is -0.107. The fourth-order valence-electron chi connectivity index (χ4n) is 0.722. The molecule has 1 heterocycles. The van der Waals surface area contributed by atoms with E-state index in [1.54, 1.807) is 5.06 Å². The van der Waals surface area contributed by atoms with Crippen molar-refractivity contribution in [2.24, 2.45) is 0 Å². The number of nitrogens with zero attached hydrogens (tertiary/aromatic N) is 1. The summed E-state index contributed by atoms with van der Waals surface area (Å²) in [6, 6.07) is 0. The molecule has 0 aromatic rings. The van der Waals surface area contributed by atoms with Crippen molar-refractivity contribution in [3.63, 3.8) is 0 Å². The van der Waals surface area contributed by atoms with Crippen molar-refractivity contribution >= 4 is 15.9 Å². The maximum absolute atomic E-state index is 5.21. The SMILES string of the molecule is CCON1C=CC(Br)=CC1. The molecule has 0 fully saturated rings. The first-order valence-electron chi connectivity index (χ1n) is 3.26. The van der Waals surface area contributed by atoms with E-state index >= 15 is 0 Å². The molecular formula is C7H10BrNO. The van der Waals surface area contributed by atoms with Crippen LogP contribution in [0.25, 0.3) is 0 Å². The summed E-state index contributed by atoms with van der Waals surface area (Å²) in [5, 5.41) is 1.80. The summed E-state index contributed by atoms with van der Waals surface area (Å²) < 4.78 is 1.11. The Morgan fingerprint density at radius 1 is 1.80 bits per heavy atom. The zero-order valence-corrected chi connectivity index (χ0v) is 7.47. The molecule has 2 nitrogen and oxygen atoms in total. The van der Waals surface area contributed by atoms with E-state index in [4.69, 9.17) is 4.84 Å². The molecule has 0 unspecified atom stereocenters. The quantitative estimate of drug-likeness (QED) is 0.682. The van der Waals surface area contributed by atoms with E-state index in [1.807, 2.05) is 19.2 Å². The molecule has 3 heteroatoms. The third kappa shape index (κ3) is 2.15. The Kier molecular flexibility index (Phi) is 2.96. The fraction of sp³-hybridized carbons (Fsp3) is 0.429. The van der Waals surface area contributed by atoms with Crippen molar-refractivity contribution in [2.45, 2.75) is 6.92 Å². The summed E-state index contributed by atoms with van der Waals surface area (Å²) in [6.07, 6.45) is 5.92. The molecule has 0 bridgehead atoms. The number of halogens is 1. The predicted octanol–water partition coefficient (Wildman–Crippen LogP) is 2.05. The van der Waals surface area contributed by atoms with Gasteiger partial charge in [0.15, 0.2) is 0 Å². The lowest BCUT2D eigenvalue weighted by Crippen LogP contribution is -2.19. The number of hydrogen-bond donors (Lipinski definition) is 0.